The lowest BCUT2D eigenvalue weighted by Gasteiger charge is -2.14. The van der Waals surface area contributed by atoms with Gasteiger partial charge in [-0.15, -0.1) is 0 Å². The maximum Gasteiger partial charge on any atom is 0.252 e. The quantitative estimate of drug-likeness (QED) is 0.780. The maximum absolute atomic E-state index is 11.0. The lowest BCUT2D eigenvalue weighted by Crippen LogP contribution is -2.19. The molecule has 3 rings (SSSR count). The van der Waals surface area contributed by atoms with Gasteiger partial charge in [-0.1, -0.05) is 0 Å². The molecule has 1 heterocycles. The van der Waals surface area contributed by atoms with Crippen LogP contribution in [-0.4, -0.2) is 16.5 Å². The lowest BCUT2D eigenvalue weighted by atomic mass is 10.0. The lowest BCUT2D eigenvalue weighted by molar-refractivity contribution is 0.466. The Labute approximate surface area is 88.1 Å². The molecular weight excluding hydrogens is 190 g/mol. The summed E-state index contributed by atoms with van der Waals surface area (Å²) in [6.07, 6.45) is 6.91. The van der Waals surface area contributed by atoms with Crippen LogP contribution in [0.2, 0.25) is 0 Å². The predicted molar refractivity (Wildman–Crippen MR) is 57.7 cm³/mol. The van der Waals surface area contributed by atoms with E-state index in [0.29, 0.717) is 11.2 Å². The van der Waals surface area contributed by atoms with E-state index in [9.17, 15) is 4.79 Å². The van der Waals surface area contributed by atoms with Gasteiger partial charge in [-0.05, 0) is 37.0 Å². The topological polar surface area (TPSA) is 57.8 Å². The Balaban J connectivity index is 1.64. The van der Waals surface area contributed by atoms with Gasteiger partial charge in [0.2, 0.25) is 0 Å². The Morgan fingerprint density at radius 1 is 1.53 bits per heavy atom. The number of nitrogens with one attached hydrogen (secondary N) is 2. The summed E-state index contributed by atoms with van der Waals surface area (Å²) in [5.74, 6) is 1.64. The number of aromatic nitrogens is 2. The number of hydrogen-bond donors (Lipinski definition) is 2. The fourth-order valence-electron chi connectivity index (χ4n) is 2.32. The van der Waals surface area contributed by atoms with Gasteiger partial charge in [0.1, 0.15) is 5.82 Å². The van der Waals surface area contributed by atoms with Gasteiger partial charge in [-0.25, -0.2) is 4.98 Å². The molecule has 1 aromatic rings. The summed E-state index contributed by atoms with van der Waals surface area (Å²) in [4.78, 5) is 17.6. The standard InChI is InChI=1S/C11H15N3O/c15-10-5-9(13-7-14-10)12-6-11(3-4-11)8-1-2-8/h5,7-8H,1-4,6H2,(H2,12,13,14,15). The monoisotopic (exact) mass is 205 g/mol. The van der Waals surface area contributed by atoms with Crippen LogP contribution in [0.5, 0.6) is 0 Å². The zero-order valence-corrected chi connectivity index (χ0v) is 8.62. The maximum atomic E-state index is 11.0. The van der Waals surface area contributed by atoms with Crippen molar-refractivity contribution < 1.29 is 0 Å². The van der Waals surface area contributed by atoms with E-state index in [-0.39, 0.29) is 5.56 Å². The molecule has 2 aliphatic carbocycles. The fourth-order valence-corrected chi connectivity index (χ4v) is 2.32. The molecule has 80 valence electrons. The highest BCUT2D eigenvalue weighted by atomic mass is 16.1. The van der Waals surface area contributed by atoms with Crippen LogP contribution in [-0.2, 0) is 0 Å². The van der Waals surface area contributed by atoms with Crippen molar-refractivity contribution in [3.05, 3.63) is 22.7 Å². The van der Waals surface area contributed by atoms with Crippen LogP contribution in [0.4, 0.5) is 5.82 Å². The molecule has 15 heavy (non-hydrogen) atoms. The minimum Gasteiger partial charge on any atom is -0.369 e. The largest absolute Gasteiger partial charge is 0.369 e. The highest BCUT2D eigenvalue weighted by Gasteiger charge is 2.53. The molecule has 1 aromatic heterocycles. The van der Waals surface area contributed by atoms with Crippen molar-refractivity contribution in [1.82, 2.24) is 9.97 Å². The summed E-state index contributed by atoms with van der Waals surface area (Å²) in [7, 11) is 0. The van der Waals surface area contributed by atoms with E-state index in [2.05, 4.69) is 15.3 Å². The van der Waals surface area contributed by atoms with Crippen LogP contribution in [0, 0.1) is 11.3 Å². The second-order valence-corrected chi connectivity index (χ2v) is 4.79. The van der Waals surface area contributed by atoms with E-state index in [1.54, 1.807) is 0 Å². The van der Waals surface area contributed by atoms with Crippen LogP contribution >= 0.6 is 0 Å². The van der Waals surface area contributed by atoms with Crippen molar-refractivity contribution in [2.75, 3.05) is 11.9 Å². The van der Waals surface area contributed by atoms with Crippen LogP contribution < -0.4 is 10.9 Å². The number of aromatic amines is 1. The second-order valence-electron chi connectivity index (χ2n) is 4.79. The average Bonchev–Trinajstić information content (AvgIpc) is 3.08. The average molecular weight is 205 g/mol. The van der Waals surface area contributed by atoms with E-state index in [1.165, 1.54) is 38.1 Å². The van der Waals surface area contributed by atoms with Gasteiger partial charge < -0.3 is 10.3 Å². The van der Waals surface area contributed by atoms with Gasteiger partial charge in [-0.2, -0.15) is 0 Å². The van der Waals surface area contributed by atoms with Gasteiger partial charge in [-0.3, -0.25) is 4.79 Å². The van der Waals surface area contributed by atoms with Crippen molar-refractivity contribution in [2.24, 2.45) is 11.3 Å². The van der Waals surface area contributed by atoms with Crippen molar-refractivity contribution >= 4 is 5.82 Å². The molecule has 2 N–H and O–H groups in total. The molecule has 0 atom stereocenters. The summed E-state index contributed by atoms with van der Waals surface area (Å²) in [5.41, 5.74) is 0.452. The third-order valence-corrected chi connectivity index (χ3v) is 3.64. The molecule has 2 aliphatic rings. The van der Waals surface area contributed by atoms with Gasteiger partial charge >= 0.3 is 0 Å². The van der Waals surface area contributed by atoms with E-state index >= 15 is 0 Å². The number of anilines is 1. The zero-order chi connectivity index (χ0) is 10.3. The van der Waals surface area contributed by atoms with E-state index < -0.39 is 0 Å². The Morgan fingerprint density at radius 2 is 2.33 bits per heavy atom. The van der Waals surface area contributed by atoms with Crippen molar-refractivity contribution in [1.29, 1.82) is 0 Å². The summed E-state index contributed by atoms with van der Waals surface area (Å²) < 4.78 is 0. The molecule has 0 radical (unpaired) electrons. The Morgan fingerprint density at radius 3 is 2.93 bits per heavy atom. The first kappa shape index (κ1) is 8.95. The smallest absolute Gasteiger partial charge is 0.252 e. The van der Waals surface area contributed by atoms with Crippen LogP contribution in [0.15, 0.2) is 17.2 Å². The summed E-state index contributed by atoms with van der Waals surface area (Å²) in [5, 5.41) is 3.28. The molecule has 4 heteroatoms. The van der Waals surface area contributed by atoms with E-state index in [4.69, 9.17) is 0 Å². The van der Waals surface area contributed by atoms with Crippen molar-refractivity contribution in [3.8, 4) is 0 Å². The highest BCUT2D eigenvalue weighted by molar-refractivity contribution is 5.33. The molecule has 0 aromatic carbocycles. The van der Waals surface area contributed by atoms with Crippen LogP contribution in [0.25, 0.3) is 0 Å². The summed E-state index contributed by atoms with van der Waals surface area (Å²) in [6.45, 7) is 0.980. The number of hydrogen-bond acceptors (Lipinski definition) is 3. The predicted octanol–water partition coefficient (Wildman–Crippen LogP) is 1.37. The normalized spacial score (nSPS) is 22.4. The van der Waals surface area contributed by atoms with E-state index in [1.807, 2.05) is 0 Å². The SMILES string of the molecule is O=c1cc(NCC2(C3CC3)CC2)nc[nH]1. The molecule has 2 saturated carbocycles. The summed E-state index contributed by atoms with van der Waals surface area (Å²) >= 11 is 0. The van der Waals surface area contributed by atoms with Crippen LogP contribution in [0.3, 0.4) is 0 Å². The van der Waals surface area contributed by atoms with Crippen molar-refractivity contribution in [3.63, 3.8) is 0 Å². The fraction of sp³-hybridized carbons (Fsp3) is 0.636. The summed E-state index contributed by atoms with van der Waals surface area (Å²) in [6, 6.07) is 1.52. The number of nitrogens with zero attached hydrogens (tertiary/aromatic N) is 1. The third-order valence-electron chi connectivity index (χ3n) is 3.64. The molecule has 4 nitrogen and oxygen atoms in total. The molecule has 2 fully saturated rings. The number of H-pyrrole nitrogens is 1. The van der Waals surface area contributed by atoms with Crippen molar-refractivity contribution in [2.45, 2.75) is 25.7 Å². The van der Waals surface area contributed by atoms with E-state index in [0.717, 1.165) is 12.5 Å². The minimum atomic E-state index is -0.0937. The molecule has 0 saturated heterocycles. The first-order valence-corrected chi connectivity index (χ1v) is 5.57. The Bertz CT molecular complexity index is 418. The first-order chi connectivity index (χ1) is 7.28. The molecule has 0 unspecified atom stereocenters. The zero-order valence-electron chi connectivity index (χ0n) is 8.62. The minimum absolute atomic E-state index is 0.0937. The molecular formula is C11H15N3O. The van der Waals surface area contributed by atoms with Gasteiger partial charge in [0.15, 0.2) is 0 Å². The first-order valence-electron chi connectivity index (χ1n) is 5.57. The third kappa shape index (κ3) is 1.76. The molecule has 0 amide bonds. The van der Waals surface area contributed by atoms with Gasteiger partial charge in [0.25, 0.3) is 5.56 Å². The molecule has 0 spiro atoms. The van der Waals surface area contributed by atoms with Gasteiger partial charge in [0, 0.05) is 12.6 Å². The molecule has 0 aliphatic heterocycles. The van der Waals surface area contributed by atoms with Crippen LogP contribution in [0.1, 0.15) is 25.7 Å². The molecule has 0 bridgehead atoms. The van der Waals surface area contributed by atoms with Gasteiger partial charge in [0.05, 0.1) is 6.33 Å². The Hall–Kier alpha value is -1.32. The highest BCUT2D eigenvalue weighted by Crippen LogP contribution is 2.61. The number of rotatable bonds is 4. The Kier molecular flexibility index (Phi) is 1.84. The second kappa shape index (κ2) is 3.08.